The van der Waals surface area contributed by atoms with E-state index in [4.69, 9.17) is 20.0 Å². The SMILES string of the molecule is CNc1cc(N(c2ccc(N(C)C)cc2)c2ccc(N(C)C)cc2)ccc1C1=NC2=CC=CC3=NC(c4ccc(N(c5ccc(N(C)C)cc5)c5ccc(N(C)C)cc5)cc4NC)=NC(=N1)N23. The van der Waals surface area contributed by atoms with Gasteiger partial charge in [-0.05, 0) is 146 Å². The van der Waals surface area contributed by atoms with Gasteiger partial charge >= 0.3 is 0 Å². The van der Waals surface area contributed by atoms with Crippen molar-refractivity contribution in [1.29, 1.82) is 0 Å². The van der Waals surface area contributed by atoms with E-state index >= 15 is 0 Å². The number of hydrogen-bond acceptors (Lipinski definition) is 13. The van der Waals surface area contributed by atoms with E-state index in [0.29, 0.717) is 29.3 Å². The second kappa shape index (κ2) is 18.3. The Morgan fingerprint density at radius 3 is 1.09 bits per heavy atom. The predicted molar refractivity (Wildman–Crippen MR) is 286 cm³/mol. The highest BCUT2D eigenvalue weighted by Crippen LogP contribution is 2.41. The number of nitrogens with one attached hydrogen (secondary N) is 2. The summed E-state index contributed by atoms with van der Waals surface area (Å²) >= 11 is 0. The van der Waals surface area contributed by atoms with E-state index < -0.39 is 0 Å². The number of aliphatic imine (C=N–C) groups is 4. The van der Waals surface area contributed by atoms with Gasteiger partial charge in [-0.15, -0.1) is 0 Å². The second-order valence-corrected chi connectivity index (χ2v) is 17.2. The Kier molecular flexibility index (Phi) is 12.0. The van der Waals surface area contributed by atoms with E-state index in [9.17, 15) is 0 Å². The molecule has 3 aliphatic rings. The molecule has 0 aromatic heterocycles. The van der Waals surface area contributed by atoms with Gasteiger partial charge in [0.05, 0.1) is 0 Å². The highest BCUT2D eigenvalue weighted by atomic mass is 15.4. The first-order chi connectivity index (χ1) is 32.4. The molecule has 9 rings (SSSR count). The number of hydrogen-bond donors (Lipinski definition) is 2. The average Bonchev–Trinajstić information content (AvgIpc) is 3.34. The third kappa shape index (κ3) is 8.66. The Balaban J connectivity index is 1.08. The normalized spacial score (nSPS) is 13.6. The summed E-state index contributed by atoms with van der Waals surface area (Å²) < 4.78 is 0. The van der Waals surface area contributed by atoms with Crippen LogP contribution in [0.4, 0.5) is 68.2 Å². The Labute approximate surface area is 394 Å². The van der Waals surface area contributed by atoms with Gasteiger partial charge in [0, 0.05) is 150 Å². The molecule has 6 aromatic carbocycles. The summed E-state index contributed by atoms with van der Waals surface area (Å²) in [6, 6.07) is 47.1. The van der Waals surface area contributed by atoms with Gasteiger partial charge in [0.1, 0.15) is 11.7 Å². The summed E-state index contributed by atoms with van der Waals surface area (Å²) in [7, 11) is 20.3. The monoisotopic (exact) mass is 887 g/mol. The highest BCUT2D eigenvalue weighted by Gasteiger charge is 2.32. The summed E-state index contributed by atoms with van der Waals surface area (Å²) in [6.07, 6.45) is 5.91. The van der Waals surface area contributed by atoms with E-state index in [0.717, 1.165) is 79.4 Å². The number of nitrogens with zero attached hydrogens (tertiary/aromatic N) is 11. The lowest BCUT2D eigenvalue weighted by Gasteiger charge is -2.32. The van der Waals surface area contributed by atoms with Crippen LogP contribution in [0.5, 0.6) is 0 Å². The van der Waals surface area contributed by atoms with Gasteiger partial charge in [-0.25, -0.2) is 14.9 Å². The summed E-state index contributed by atoms with van der Waals surface area (Å²) in [5, 5.41) is 6.91. The zero-order valence-corrected chi connectivity index (χ0v) is 39.9. The third-order valence-electron chi connectivity index (χ3n) is 12.0. The zero-order chi connectivity index (χ0) is 46.9. The molecule has 0 bridgehead atoms. The van der Waals surface area contributed by atoms with Crippen molar-refractivity contribution in [2.75, 3.05) is 111 Å². The molecule has 338 valence electrons. The third-order valence-corrected chi connectivity index (χ3v) is 12.0. The van der Waals surface area contributed by atoms with Gasteiger partial charge < -0.3 is 40.0 Å². The molecule has 0 amide bonds. The molecule has 13 heteroatoms. The topological polar surface area (TPSA) is 96.2 Å². The molecule has 0 atom stereocenters. The van der Waals surface area contributed by atoms with Gasteiger partial charge in [0.25, 0.3) is 0 Å². The van der Waals surface area contributed by atoms with Crippen molar-refractivity contribution < 1.29 is 0 Å². The number of allylic oxidation sites excluding steroid dienone is 2. The van der Waals surface area contributed by atoms with E-state index in [1.165, 1.54) is 0 Å². The van der Waals surface area contributed by atoms with E-state index in [1.54, 1.807) is 0 Å². The van der Waals surface area contributed by atoms with E-state index in [1.807, 2.05) is 37.2 Å². The smallest absolute Gasteiger partial charge is 0.241 e. The van der Waals surface area contributed by atoms with Crippen molar-refractivity contribution in [2.24, 2.45) is 20.0 Å². The van der Waals surface area contributed by atoms with Crippen LogP contribution in [0.15, 0.2) is 177 Å². The minimum atomic E-state index is 0.491. The molecular weight excluding hydrogens is 831 g/mol. The first-order valence-electron chi connectivity index (χ1n) is 22.3. The largest absolute Gasteiger partial charge is 0.387 e. The minimum absolute atomic E-state index is 0.491. The predicted octanol–water partition coefficient (Wildman–Crippen LogP) is 10.7. The van der Waals surface area contributed by atoms with Gasteiger partial charge in [-0.2, -0.15) is 9.98 Å². The first kappa shape index (κ1) is 43.9. The van der Waals surface area contributed by atoms with Crippen LogP contribution < -0.4 is 40.0 Å². The second-order valence-electron chi connectivity index (χ2n) is 17.2. The van der Waals surface area contributed by atoms with Crippen molar-refractivity contribution in [3.8, 4) is 0 Å². The van der Waals surface area contributed by atoms with Crippen molar-refractivity contribution in [1.82, 2.24) is 4.90 Å². The maximum Gasteiger partial charge on any atom is 0.241 e. The lowest BCUT2D eigenvalue weighted by molar-refractivity contribution is 0.711. The van der Waals surface area contributed by atoms with Crippen LogP contribution in [-0.4, -0.2) is 98.8 Å². The maximum atomic E-state index is 5.15. The molecule has 0 radical (unpaired) electrons. The van der Waals surface area contributed by atoms with Crippen LogP contribution in [0.2, 0.25) is 0 Å². The molecule has 0 fully saturated rings. The molecule has 13 nitrogen and oxygen atoms in total. The molecule has 3 heterocycles. The molecule has 3 aliphatic heterocycles. The lowest BCUT2D eigenvalue weighted by atomic mass is 10.1. The van der Waals surface area contributed by atoms with E-state index in [-0.39, 0.29) is 0 Å². The molecule has 0 spiro atoms. The van der Waals surface area contributed by atoms with Crippen LogP contribution in [0, 0.1) is 0 Å². The fraction of sp³-hybridized carbons (Fsp3) is 0.185. The number of anilines is 12. The van der Waals surface area contributed by atoms with Gasteiger partial charge in [-0.3, -0.25) is 0 Å². The summed E-state index contributed by atoms with van der Waals surface area (Å²) in [5.74, 6) is 2.97. The van der Waals surface area contributed by atoms with Crippen molar-refractivity contribution in [3.05, 3.63) is 169 Å². The molecule has 0 aliphatic carbocycles. The van der Waals surface area contributed by atoms with E-state index in [2.05, 4.69) is 230 Å². The number of rotatable bonds is 14. The summed E-state index contributed by atoms with van der Waals surface area (Å²) in [5.41, 5.74) is 14.1. The number of guanidine groups is 1. The maximum absolute atomic E-state index is 5.15. The Morgan fingerprint density at radius 1 is 0.388 bits per heavy atom. The van der Waals surface area contributed by atoms with Crippen LogP contribution in [0.25, 0.3) is 0 Å². The fourth-order valence-corrected chi connectivity index (χ4v) is 8.33. The molecule has 67 heavy (non-hydrogen) atoms. The van der Waals surface area contributed by atoms with Crippen molar-refractivity contribution in [2.45, 2.75) is 0 Å². The number of amidine groups is 3. The van der Waals surface area contributed by atoms with Crippen LogP contribution in [0.1, 0.15) is 11.1 Å². The van der Waals surface area contributed by atoms with Gasteiger partial charge in [-0.1, -0.05) is 6.08 Å². The highest BCUT2D eigenvalue weighted by molar-refractivity contribution is 6.26. The first-order valence-corrected chi connectivity index (χ1v) is 22.3. The van der Waals surface area contributed by atoms with Crippen LogP contribution in [-0.2, 0) is 0 Å². The van der Waals surface area contributed by atoms with Crippen LogP contribution in [0.3, 0.4) is 0 Å². The molecule has 0 unspecified atom stereocenters. The molecule has 2 N–H and O–H groups in total. The minimum Gasteiger partial charge on any atom is -0.387 e. The Bertz CT molecular complexity index is 2710. The molecule has 6 aromatic rings. The van der Waals surface area contributed by atoms with Crippen molar-refractivity contribution >= 4 is 91.7 Å². The van der Waals surface area contributed by atoms with Gasteiger partial charge in [0.15, 0.2) is 11.7 Å². The summed E-state index contributed by atoms with van der Waals surface area (Å²) in [4.78, 5) is 35.3. The molecular formula is C54H57N13. The quantitative estimate of drug-likeness (QED) is 0.111. The Morgan fingerprint density at radius 2 is 0.731 bits per heavy atom. The van der Waals surface area contributed by atoms with Crippen LogP contribution >= 0.6 is 0 Å². The van der Waals surface area contributed by atoms with Crippen molar-refractivity contribution in [3.63, 3.8) is 0 Å². The lowest BCUT2D eigenvalue weighted by Crippen LogP contribution is -2.41. The molecule has 0 saturated heterocycles. The fourth-order valence-electron chi connectivity index (χ4n) is 8.33. The standard InChI is InChI=1S/C54H57N13/c1-55-48-34-44(65(40-22-14-36(15-23-40)61(3)4)41-24-16-37(17-25-41)62(5)6)30-32-46(48)52-57-50-12-11-13-51-58-53(60-54(59-52)67(50)51)47-33-31-45(35-49(47)56-2)66(42-26-18-38(19-27-42)63(7)8)43-28-20-39(21-29-43)64(9)10/h11-35,55-56H,1-10H3. The molecule has 0 saturated carbocycles. The average molecular weight is 888 g/mol. The zero-order valence-electron chi connectivity index (χ0n) is 39.9. The summed E-state index contributed by atoms with van der Waals surface area (Å²) in [6.45, 7) is 0. The Hall–Kier alpha value is -8.32. The van der Waals surface area contributed by atoms with Gasteiger partial charge in [0.2, 0.25) is 5.96 Å². The number of benzene rings is 6.